The number of furan rings is 5. The molecule has 21 unspecified atom stereocenters. The van der Waals surface area contributed by atoms with Gasteiger partial charge >= 0.3 is 0 Å². The summed E-state index contributed by atoms with van der Waals surface area (Å²) in [5, 5.41) is 11.7. The Balaban J connectivity index is 0.0000000901. The molecule has 612 valence electrons. The minimum absolute atomic E-state index is 0.281. The number of rotatable bonds is 5. The van der Waals surface area contributed by atoms with Gasteiger partial charge in [0.15, 0.2) is 0 Å². The summed E-state index contributed by atoms with van der Waals surface area (Å²) in [6, 6.07) is 55.1. The van der Waals surface area contributed by atoms with Crippen molar-refractivity contribution < 1.29 is 22.1 Å². The predicted octanol–water partition coefficient (Wildman–Crippen LogP) is 24.0. The lowest BCUT2D eigenvalue weighted by Crippen LogP contribution is -2.45. The van der Waals surface area contributed by atoms with Crippen LogP contribution in [0.2, 0.25) is 0 Å². The Morgan fingerprint density at radius 1 is 0.358 bits per heavy atom. The zero-order valence-electron chi connectivity index (χ0n) is 72.5. The second-order valence-corrected chi connectivity index (χ2v) is 39.1. The number of para-hydroxylation sites is 1. The number of aromatic nitrogens is 5. The third-order valence-electron chi connectivity index (χ3n) is 33.0. The van der Waals surface area contributed by atoms with Gasteiger partial charge in [0.05, 0.1) is 0 Å². The lowest BCUT2D eigenvalue weighted by Gasteiger charge is -2.44. The lowest BCUT2D eigenvalue weighted by molar-refractivity contribution is 0.112. The highest BCUT2D eigenvalue weighted by Gasteiger charge is 2.62. The van der Waals surface area contributed by atoms with Crippen molar-refractivity contribution >= 4 is 116 Å². The maximum atomic E-state index is 6.31. The molecule has 26 rings (SSSR count). The van der Waals surface area contributed by atoms with Crippen LogP contribution in [0.4, 0.5) is 5.69 Å². The fraction of sp³-hybridized carbons (Fsp3) is 0.419. The van der Waals surface area contributed by atoms with Crippen molar-refractivity contribution in [1.29, 1.82) is 0 Å². The van der Waals surface area contributed by atoms with Crippen LogP contribution in [0.1, 0.15) is 192 Å². The van der Waals surface area contributed by atoms with E-state index < -0.39 is 0 Å². The van der Waals surface area contributed by atoms with Crippen molar-refractivity contribution in [1.82, 2.24) is 44.5 Å². The monoisotopic (exact) mass is 1590 g/mol. The Hall–Kier alpha value is -10.3. The Kier molecular flexibility index (Phi) is 17.6. The molecule has 0 spiro atoms. The van der Waals surface area contributed by atoms with Crippen LogP contribution in [0.25, 0.3) is 110 Å². The molecular weight excluding hydrogens is 1480 g/mol. The summed E-state index contributed by atoms with van der Waals surface area (Å²) in [5.74, 6) is 5.32. The van der Waals surface area contributed by atoms with Gasteiger partial charge in [0.2, 0.25) is 28.6 Å². The molecule has 9 saturated heterocycles. The molecule has 21 atom stereocenters. The van der Waals surface area contributed by atoms with Crippen molar-refractivity contribution in [3.05, 3.63) is 238 Å². The van der Waals surface area contributed by atoms with E-state index >= 15 is 0 Å². The van der Waals surface area contributed by atoms with Crippen LogP contribution in [0.5, 0.6) is 0 Å². The van der Waals surface area contributed by atoms with E-state index in [4.69, 9.17) is 22.1 Å². The first-order valence-corrected chi connectivity index (χ1v) is 44.7. The second-order valence-electron chi connectivity index (χ2n) is 39.1. The van der Waals surface area contributed by atoms with Gasteiger partial charge < -0.3 is 27.0 Å². The predicted molar refractivity (Wildman–Crippen MR) is 485 cm³/mol. The summed E-state index contributed by atoms with van der Waals surface area (Å²) in [4.78, 5) is 35.4. The van der Waals surface area contributed by atoms with Crippen molar-refractivity contribution in [2.24, 2.45) is 28.6 Å². The van der Waals surface area contributed by atoms with Gasteiger partial charge in [-0.1, -0.05) is 99.6 Å². The molecule has 10 aliphatic heterocycles. The number of pyridine rings is 5. The molecule has 0 aliphatic carbocycles. The highest BCUT2D eigenvalue weighted by molar-refractivity contribution is 6.09. The molecule has 120 heavy (non-hydrogen) atoms. The molecule has 10 aliphatic rings. The molecule has 20 heterocycles. The Labute approximate surface area is 702 Å². The summed E-state index contributed by atoms with van der Waals surface area (Å²) >= 11 is 0. The van der Waals surface area contributed by atoms with Crippen molar-refractivity contribution in [2.45, 2.75) is 207 Å². The van der Waals surface area contributed by atoms with Crippen LogP contribution in [0.15, 0.2) is 199 Å². The molecule has 9 fully saturated rings. The van der Waals surface area contributed by atoms with Crippen LogP contribution in [-0.2, 0) is 0 Å². The van der Waals surface area contributed by atoms with Gasteiger partial charge in [-0.25, -0.2) is 24.9 Å². The van der Waals surface area contributed by atoms with E-state index in [1.165, 1.54) is 152 Å². The summed E-state index contributed by atoms with van der Waals surface area (Å²) in [7, 11) is 0. The summed E-state index contributed by atoms with van der Waals surface area (Å²) < 4.78 is 31.3. The number of hydrogen-bond acceptors (Lipinski definition) is 15. The van der Waals surface area contributed by atoms with E-state index in [9.17, 15) is 0 Å². The van der Waals surface area contributed by atoms with Crippen LogP contribution < -0.4 is 4.90 Å². The van der Waals surface area contributed by atoms with E-state index in [2.05, 4.69) is 275 Å². The van der Waals surface area contributed by atoms with E-state index in [1.54, 1.807) is 6.20 Å². The number of nitrogens with zero attached hydrogens (tertiary/aromatic N) is 10. The first-order valence-electron chi connectivity index (χ1n) is 44.7. The average molecular weight is 1590 g/mol. The summed E-state index contributed by atoms with van der Waals surface area (Å²) in [5.41, 5.74) is 26.7. The maximum absolute atomic E-state index is 6.31. The normalized spacial score (nSPS) is 31.2. The molecule has 10 aromatic heterocycles. The van der Waals surface area contributed by atoms with Crippen LogP contribution >= 0.6 is 0 Å². The molecule has 16 aromatic rings. The minimum Gasteiger partial charge on any atom is -0.437 e. The topological polar surface area (TPSA) is 146 Å². The SMILES string of the molecule is Cc1ccc2c(oc3ncccc32)c1C1C(C)N2CC1(C)C(C)C2C.Cc1ccc2c(oc3ncccc32)c1C1C(C)N2CCC1(C)C2.Cc1ccc2c(oc3ncccc32)c1C1C(C)N2CCC1C2(C)C.Cc1ccc2c(oc3ncccc32)c1C1C2CCN(C2)C1C.Cc1ccc2c(oc3ncccc32)c1C1C2CN(c3ccccc32)C1C. The maximum Gasteiger partial charge on any atom is 0.227 e. The largest absolute Gasteiger partial charge is 0.437 e. The molecule has 10 bridgehead atoms. The van der Waals surface area contributed by atoms with E-state index in [0.29, 0.717) is 94.4 Å². The number of piperidine rings is 4. The molecule has 0 N–H and O–H groups in total. The van der Waals surface area contributed by atoms with Gasteiger partial charge in [-0.3, -0.25) is 19.6 Å². The Morgan fingerprint density at radius 2 is 0.792 bits per heavy atom. The zero-order valence-corrected chi connectivity index (χ0v) is 72.5. The Morgan fingerprint density at radius 3 is 1.22 bits per heavy atom. The second kappa shape index (κ2) is 27.9. The van der Waals surface area contributed by atoms with Gasteiger partial charge in [-0.05, 0) is 258 Å². The standard InChI is InChI=1S/C23H20N2O.C22H26N2O.C21H24N2O.C20H22N2O.C19H20N2O/c1-13-9-10-16-17-7-5-11-24-23(17)26-22(16)20(13)21-14(2)25-12-18(21)15-6-3-4-8-19(15)25;1-12-8-9-16-17-7-6-10-23-21(17)25-20(16)18(12)19-15(4)24-11-22(19,5)13(2)14(24)3;1-12-7-8-14-15-6-5-10-22-20(15)24-19(14)17(12)18-13(2)23-11-9-16(18)21(23,3)4;1-12-6-7-14-15-5-4-9-21-19(15)23-18(14)16(12)17-13(2)22-10-8-20(17,3)11-22;1-11-5-6-14-15-4-3-8-20-19(15)22-18(14)16(11)17-12(2)21-9-7-13(17)10-21/h3-11,14,18,21H,12H2,1-2H3;6-10,13-15,19H,11H2,1-5H3;5-8,10,13,16,18H,9,11H2,1-4H3;4-7,9,13,17H,8,10-11H2,1-3H3;3-6,8,12-13,17H,7,9-10H2,1-2H3. The van der Waals surface area contributed by atoms with Crippen molar-refractivity contribution in [2.75, 3.05) is 50.7 Å². The van der Waals surface area contributed by atoms with Crippen LogP contribution in [-0.4, -0.2) is 132 Å². The van der Waals surface area contributed by atoms with Gasteiger partial charge in [-0.2, -0.15) is 0 Å². The minimum atomic E-state index is 0.281. The fourth-order valence-corrected chi connectivity index (χ4v) is 26.9. The quantitative estimate of drug-likeness (QED) is 0.161. The highest BCUT2D eigenvalue weighted by Crippen LogP contribution is 2.63. The molecular formula is C105H112N10O5. The van der Waals surface area contributed by atoms with Crippen molar-refractivity contribution in [3.63, 3.8) is 0 Å². The third-order valence-corrected chi connectivity index (χ3v) is 33.0. The summed E-state index contributed by atoms with van der Waals surface area (Å²) in [6.45, 7) is 46.1. The van der Waals surface area contributed by atoms with Gasteiger partial charge in [0.1, 0.15) is 27.9 Å². The first kappa shape index (κ1) is 75.9. The molecule has 0 saturated carbocycles. The van der Waals surface area contributed by atoms with E-state index in [1.807, 2.05) is 55.1 Å². The molecule has 15 nitrogen and oxygen atoms in total. The van der Waals surface area contributed by atoms with E-state index in [0.717, 1.165) is 95.9 Å². The number of fused-ring (bicyclic) bond motifs is 28. The van der Waals surface area contributed by atoms with Gasteiger partial charge in [0, 0.05) is 222 Å². The Bertz CT molecular complexity index is 6800. The number of hydrogen-bond donors (Lipinski definition) is 0. The first-order chi connectivity index (χ1) is 58.0. The van der Waals surface area contributed by atoms with Crippen LogP contribution in [0.3, 0.4) is 0 Å². The van der Waals surface area contributed by atoms with Crippen molar-refractivity contribution in [3.8, 4) is 0 Å². The lowest BCUT2D eigenvalue weighted by atomic mass is 9.63. The fourth-order valence-electron chi connectivity index (χ4n) is 26.9. The molecule has 15 heteroatoms. The van der Waals surface area contributed by atoms with Gasteiger partial charge in [0.25, 0.3) is 0 Å². The molecule has 0 amide bonds. The van der Waals surface area contributed by atoms with Gasteiger partial charge in [-0.15, -0.1) is 0 Å². The number of benzene rings is 6. The van der Waals surface area contributed by atoms with Crippen LogP contribution in [0, 0.1) is 63.2 Å². The molecule has 0 radical (unpaired) electrons. The number of aryl methyl sites for hydroxylation is 5. The van der Waals surface area contributed by atoms with E-state index in [-0.39, 0.29) is 5.54 Å². The summed E-state index contributed by atoms with van der Waals surface area (Å²) in [6.07, 6.45) is 12.9. The highest BCUT2D eigenvalue weighted by atomic mass is 16.4. The number of anilines is 1. The molecule has 6 aromatic carbocycles. The zero-order chi connectivity index (χ0) is 82.2. The smallest absolute Gasteiger partial charge is 0.227 e. The average Bonchev–Trinajstić information content (AvgIpc) is 1.56. The third kappa shape index (κ3) is 11.1.